The second kappa shape index (κ2) is 4.28. The molecule has 1 rings (SSSR count). The highest BCUT2D eigenvalue weighted by Gasteiger charge is 2.43. The Morgan fingerprint density at radius 2 is 2.31 bits per heavy atom. The van der Waals surface area contributed by atoms with Crippen molar-refractivity contribution in [2.75, 3.05) is 5.75 Å². The monoisotopic (exact) mass is 204 g/mol. The Bertz CT molecular complexity index is 199. The van der Waals surface area contributed by atoms with Gasteiger partial charge in [-0.2, -0.15) is 0 Å². The van der Waals surface area contributed by atoms with Crippen LogP contribution in [0.2, 0.25) is 0 Å². The summed E-state index contributed by atoms with van der Waals surface area (Å²) in [5.41, 5.74) is 5.68. The van der Waals surface area contributed by atoms with E-state index in [1.807, 2.05) is 0 Å². The van der Waals surface area contributed by atoms with E-state index in [0.29, 0.717) is 5.92 Å². The largest absolute Gasteiger partial charge is 0.321 e. The number of rotatable bonds is 3. The topological polar surface area (TPSA) is 69.2 Å². The fourth-order valence-electron chi connectivity index (χ4n) is 1.67. The van der Waals surface area contributed by atoms with Gasteiger partial charge in [0.05, 0.1) is 11.3 Å². The second-order valence-corrected chi connectivity index (χ2v) is 5.21. The summed E-state index contributed by atoms with van der Waals surface area (Å²) in [6.45, 7) is 4.17. The molecule has 0 bridgehead atoms. The number of nitrogens with zero attached hydrogens (tertiary/aromatic N) is 1. The van der Waals surface area contributed by atoms with Gasteiger partial charge in [0.25, 0.3) is 0 Å². The molecule has 0 radical (unpaired) electrons. The lowest BCUT2D eigenvalue weighted by molar-refractivity contribution is -0.523. The molecule has 1 heterocycles. The Morgan fingerprint density at radius 1 is 1.69 bits per heavy atom. The molecule has 0 aromatic rings. The predicted octanol–water partition coefficient (Wildman–Crippen LogP) is 1.12. The third kappa shape index (κ3) is 2.57. The van der Waals surface area contributed by atoms with Crippen LogP contribution in [0.3, 0.4) is 0 Å². The van der Waals surface area contributed by atoms with Crippen LogP contribution in [0.5, 0.6) is 0 Å². The van der Waals surface area contributed by atoms with Crippen LogP contribution in [0, 0.1) is 16.0 Å². The van der Waals surface area contributed by atoms with Gasteiger partial charge < -0.3 is 5.73 Å². The van der Waals surface area contributed by atoms with Gasteiger partial charge in [-0.15, -0.1) is 11.8 Å². The Balaban J connectivity index is 2.59. The van der Waals surface area contributed by atoms with Gasteiger partial charge in [-0.3, -0.25) is 10.1 Å². The number of hydrogen-bond acceptors (Lipinski definition) is 4. The highest BCUT2D eigenvalue weighted by atomic mass is 32.2. The van der Waals surface area contributed by atoms with Gasteiger partial charge in [0.2, 0.25) is 6.04 Å². The summed E-state index contributed by atoms with van der Waals surface area (Å²) >= 11 is 1.65. The molecule has 0 saturated carbocycles. The number of hydrogen-bond donors (Lipinski definition) is 1. The Labute approximate surface area is 82.4 Å². The number of thioether (sulfide) groups is 1. The van der Waals surface area contributed by atoms with Crippen LogP contribution >= 0.6 is 11.8 Å². The summed E-state index contributed by atoms with van der Waals surface area (Å²) in [5, 5.41) is 10.8. The molecule has 3 atom stereocenters. The van der Waals surface area contributed by atoms with Gasteiger partial charge >= 0.3 is 0 Å². The Kier molecular flexibility index (Phi) is 3.55. The molecule has 0 amide bonds. The van der Waals surface area contributed by atoms with Crippen molar-refractivity contribution in [1.82, 2.24) is 0 Å². The minimum atomic E-state index is -0.535. The van der Waals surface area contributed by atoms with E-state index in [1.54, 1.807) is 11.8 Å². The fourth-order valence-corrected chi connectivity index (χ4v) is 3.36. The van der Waals surface area contributed by atoms with Crippen molar-refractivity contribution in [1.29, 1.82) is 0 Å². The standard InChI is InChI=1S/C8H16N2O2S/c1-5(2)3-7-8(10(11)12)6(9)4-13-7/h5-8H,3-4,9H2,1-2H3/t6-,7+,8-/m1/s1. The normalized spacial score (nSPS) is 34.0. The first-order valence-electron chi connectivity index (χ1n) is 4.53. The minimum absolute atomic E-state index is 0.116. The zero-order valence-electron chi connectivity index (χ0n) is 7.97. The van der Waals surface area contributed by atoms with E-state index in [0.717, 1.165) is 12.2 Å². The molecular weight excluding hydrogens is 188 g/mol. The molecule has 0 aromatic heterocycles. The van der Waals surface area contributed by atoms with E-state index < -0.39 is 6.04 Å². The van der Waals surface area contributed by atoms with E-state index in [-0.39, 0.29) is 16.2 Å². The number of nitrogens with two attached hydrogens (primary N) is 1. The molecule has 1 aliphatic heterocycles. The molecule has 1 fully saturated rings. The van der Waals surface area contributed by atoms with Gasteiger partial charge in [-0.1, -0.05) is 13.8 Å². The van der Waals surface area contributed by atoms with E-state index in [1.165, 1.54) is 0 Å². The van der Waals surface area contributed by atoms with E-state index in [9.17, 15) is 10.1 Å². The lowest BCUT2D eigenvalue weighted by atomic mass is 10.00. The lowest BCUT2D eigenvalue weighted by Gasteiger charge is -2.15. The third-order valence-corrected chi connectivity index (χ3v) is 3.75. The molecule has 4 nitrogen and oxygen atoms in total. The average molecular weight is 204 g/mol. The molecule has 0 aromatic carbocycles. The highest BCUT2D eigenvalue weighted by molar-refractivity contribution is 8.00. The van der Waals surface area contributed by atoms with Crippen molar-refractivity contribution < 1.29 is 4.92 Å². The maximum atomic E-state index is 10.7. The minimum Gasteiger partial charge on any atom is -0.321 e. The van der Waals surface area contributed by atoms with Crippen LogP contribution in [-0.4, -0.2) is 28.0 Å². The molecule has 13 heavy (non-hydrogen) atoms. The number of nitro groups is 1. The van der Waals surface area contributed by atoms with E-state index in [2.05, 4.69) is 13.8 Å². The summed E-state index contributed by atoms with van der Waals surface area (Å²) in [6, 6.07) is -0.795. The van der Waals surface area contributed by atoms with Crippen LogP contribution in [0.15, 0.2) is 0 Å². The third-order valence-electron chi connectivity index (χ3n) is 2.27. The maximum absolute atomic E-state index is 10.7. The first-order chi connectivity index (χ1) is 6.02. The van der Waals surface area contributed by atoms with Crippen LogP contribution in [0.25, 0.3) is 0 Å². The SMILES string of the molecule is CC(C)C[C@@H]1SC[C@@H](N)[C@H]1[N+](=O)[O-]. The molecule has 1 saturated heterocycles. The van der Waals surface area contributed by atoms with Crippen molar-refractivity contribution >= 4 is 11.8 Å². The molecule has 76 valence electrons. The maximum Gasteiger partial charge on any atom is 0.240 e. The summed E-state index contributed by atoms with van der Waals surface area (Å²) in [7, 11) is 0. The van der Waals surface area contributed by atoms with Crippen molar-refractivity contribution in [2.45, 2.75) is 37.6 Å². The van der Waals surface area contributed by atoms with E-state index in [4.69, 9.17) is 5.73 Å². The zero-order chi connectivity index (χ0) is 10.0. The van der Waals surface area contributed by atoms with Gasteiger partial charge in [0.15, 0.2) is 0 Å². The molecular formula is C8H16N2O2S. The highest BCUT2D eigenvalue weighted by Crippen LogP contribution is 2.32. The lowest BCUT2D eigenvalue weighted by Crippen LogP contribution is -2.42. The van der Waals surface area contributed by atoms with Gasteiger partial charge in [0.1, 0.15) is 0 Å². The van der Waals surface area contributed by atoms with Gasteiger partial charge in [-0.25, -0.2) is 0 Å². The second-order valence-electron chi connectivity index (χ2n) is 3.94. The molecule has 0 spiro atoms. The summed E-state index contributed by atoms with van der Waals surface area (Å²) in [5.74, 6) is 1.23. The van der Waals surface area contributed by atoms with E-state index >= 15 is 0 Å². The van der Waals surface area contributed by atoms with Crippen LogP contribution in [0.4, 0.5) is 0 Å². The fraction of sp³-hybridized carbons (Fsp3) is 1.00. The molecule has 5 heteroatoms. The summed E-state index contributed by atoms with van der Waals surface area (Å²) in [4.78, 5) is 10.5. The molecule has 1 aliphatic rings. The smallest absolute Gasteiger partial charge is 0.240 e. The molecule has 0 aliphatic carbocycles. The van der Waals surface area contributed by atoms with Crippen molar-refractivity contribution in [3.05, 3.63) is 10.1 Å². The quantitative estimate of drug-likeness (QED) is 0.552. The van der Waals surface area contributed by atoms with Crippen molar-refractivity contribution in [2.24, 2.45) is 11.7 Å². The van der Waals surface area contributed by atoms with Gasteiger partial charge in [-0.05, 0) is 12.3 Å². The molecule has 0 unspecified atom stereocenters. The molecule has 2 N–H and O–H groups in total. The summed E-state index contributed by atoms with van der Waals surface area (Å²) < 4.78 is 0. The van der Waals surface area contributed by atoms with Crippen molar-refractivity contribution in [3.8, 4) is 0 Å². The first-order valence-corrected chi connectivity index (χ1v) is 5.58. The Morgan fingerprint density at radius 3 is 2.77 bits per heavy atom. The Hall–Kier alpha value is -0.290. The summed E-state index contributed by atoms with van der Waals surface area (Å²) in [6.07, 6.45) is 0.893. The predicted molar refractivity (Wildman–Crippen MR) is 54.5 cm³/mol. The van der Waals surface area contributed by atoms with Crippen molar-refractivity contribution in [3.63, 3.8) is 0 Å². The van der Waals surface area contributed by atoms with Crippen LogP contribution in [0.1, 0.15) is 20.3 Å². The van der Waals surface area contributed by atoms with Crippen LogP contribution < -0.4 is 5.73 Å². The van der Waals surface area contributed by atoms with Gasteiger partial charge in [0, 0.05) is 10.7 Å². The zero-order valence-corrected chi connectivity index (χ0v) is 8.79. The first kappa shape index (κ1) is 10.8. The average Bonchev–Trinajstić information content (AvgIpc) is 2.30. The van der Waals surface area contributed by atoms with Crippen LogP contribution in [-0.2, 0) is 0 Å².